The predicted molar refractivity (Wildman–Crippen MR) is 79.0 cm³/mol. The first-order valence-electron chi connectivity index (χ1n) is 7.19. The van der Waals surface area contributed by atoms with Gasteiger partial charge in [0.15, 0.2) is 0 Å². The van der Waals surface area contributed by atoms with E-state index in [1.165, 1.54) is 0 Å². The lowest BCUT2D eigenvalue weighted by Gasteiger charge is -2.30. The van der Waals surface area contributed by atoms with Crippen LogP contribution in [-0.2, 0) is 11.2 Å². The summed E-state index contributed by atoms with van der Waals surface area (Å²) in [6.07, 6.45) is 3.52. The normalized spacial score (nSPS) is 20.4. The Hall–Kier alpha value is -1.75. The number of nitrogens with one attached hydrogen (secondary N) is 1. The van der Waals surface area contributed by atoms with Gasteiger partial charge < -0.3 is 20.7 Å². The molecular weight excluding hydrogens is 254 g/mol. The van der Waals surface area contributed by atoms with Gasteiger partial charge in [-0.15, -0.1) is 0 Å². The number of benzene rings is 1. The van der Waals surface area contributed by atoms with Gasteiger partial charge in [-0.2, -0.15) is 0 Å². The maximum atomic E-state index is 11.5. The van der Waals surface area contributed by atoms with E-state index >= 15 is 0 Å². The SMILES string of the molecule is CN1CCC(Oc2cc3c(cc2N)CCC(=O)N3)CC1. The van der Waals surface area contributed by atoms with Crippen LogP contribution in [0.2, 0.25) is 0 Å². The molecule has 5 nitrogen and oxygen atoms in total. The van der Waals surface area contributed by atoms with Gasteiger partial charge in [0.2, 0.25) is 5.91 Å². The molecule has 0 unspecified atom stereocenters. The molecule has 1 amide bonds. The second-order valence-electron chi connectivity index (χ2n) is 5.72. The highest BCUT2D eigenvalue weighted by Gasteiger charge is 2.21. The van der Waals surface area contributed by atoms with Gasteiger partial charge in [-0.05, 0) is 37.9 Å². The van der Waals surface area contributed by atoms with Crippen LogP contribution in [0.25, 0.3) is 0 Å². The van der Waals surface area contributed by atoms with E-state index in [-0.39, 0.29) is 12.0 Å². The molecule has 2 aliphatic rings. The standard InChI is InChI=1S/C15H21N3O2/c1-18-6-4-11(5-7-18)20-14-9-13-10(8-12(14)16)2-3-15(19)17-13/h8-9,11H,2-7,16H2,1H3,(H,17,19). The summed E-state index contributed by atoms with van der Waals surface area (Å²) in [4.78, 5) is 13.8. The summed E-state index contributed by atoms with van der Waals surface area (Å²) in [5.41, 5.74) is 8.68. The number of amides is 1. The minimum Gasteiger partial charge on any atom is -0.488 e. The number of nitrogen functional groups attached to an aromatic ring is 1. The van der Waals surface area contributed by atoms with Crippen LogP contribution in [-0.4, -0.2) is 37.0 Å². The van der Waals surface area contributed by atoms with E-state index in [1.807, 2.05) is 12.1 Å². The molecule has 1 fully saturated rings. The predicted octanol–water partition coefficient (Wildman–Crippen LogP) is 1.63. The average molecular weight is 275 g/mol. The highest BCUT2D eigenvalue weighted by atomic mass is 16.5. The molecule has 20 heavy (non-hydrogen) atoms. The quantitative estimate of drug-likeness (QED) is 0.805. The van der Waals surface area contributed by atoms with Crippen LogP contribution < -0.4 is 15.8 Å². The smallest absolute Gasteiger partial charge is 0.224 e. The maximum absolute atomic E-state index is 11.5. The Bertz CT molecular complexity index is 522. The molecule has 0 aromatic heterocycles. The molecular formula is C15H21N3O2. The Morgan fingerprint density at radius 3 is 2.80 bits per heavy atom. The van der Waals surface area contributed by atoms with Gasteiger partial charge in [0.05, 0.1) is 5.69 Å². The summed E-state index contributed by atoms with van der Waals surface area (Å²) in [7, 11) is 2.12. The zero-order chi connectivity index (χ0) is 14.1. The molecule has 108 valence electrons. The number of carbonyl (C=O) groups is 1. The van der Waals surface area contributed by atoms with Crippen molar-refractivity contribution in [2.75, 3.05) is 31.2 Å². The number of rotatable bonds is 2. The van der Waals surface area contributed by atoms with Crippen LogP contribution in [0.3, 0.4) is 0 Å². The van der Waals surface area contributed by atoms with Crippen LogP contribution in [0, 0.1) is 0 Å². The lowest BCUT2D eigenvalue weighted by atomic mass is 10.0. The number of nitrogens with zero attached hydrogens (tertiary/aromatic N) is 1. The zero-order valence-electron chi connectivity index (χ0n) is 11.8. The second kappa shape index (κ2) is 5.32. The molecule has 2 aliphatic heterocycles. The number of aryl methyl sites for hydroxylation is 1. The number of carbonyl (C=O) groups excluding carboxylic acids is 1. The molecule has 0 saturated carbocycles. The van der Waals surface area contributed by atoms with Gasteiger partial charge in [-0.1, -0.05) is 0 Å². The van der Waals surface area contributed by atoms with Gasteiger partial charge >= 0.3 is 0 Å². The number of fused-ring (bicyclic) bond motifs is 1. The number of anilines is 2. The van der Waals surface area contributed by atoms with Crippen LogP contribution in [0.15, 0.2) is 12.1 Å². The Kier molecular flexibility index (Phi) is 3.53. The Labute approximate surface area is 119 Å². The second-order valence-corrected chi connectivity index (χ2v) is 5.72. The van der Waals surface area contributed by atoms with E-state index in [0.717, 1.165) is 43.6 Å². The number of hydrogen-bond donors (Lipinski definition) is 2. The molecule has 1 aromatic carbocycles. The molecule has 2 heterocycles. The van der Waals surface area contributed by atoms with Crippen molar-refractivity contribution in [1.82, 2.24) is 4.90 Å². The summed E-state index contributed by atoms with van der Waals surface area (Å²) in [6.45, 7) is 2.10. The van der Waals surface area contributed by atoms with Crippen LogP contribution >= 0.6 is 0 Å². The maximum Gasteiger partial charge on any atom is 0.224 e. The lowest BCUT2D eigenvalue weighted by Crippen LogP contribution is -2.35. The van der Waals surface area contributed by atoms with Crippen molar-refractivity contribution in [2.24, 2.45) is 0 Å². The molecule has 0 bridgehead atoms. The van der Waals surface area contributed by atoms with Gasteiger partial charge in [-0.3, -0.25) is 4.79 Å². The molecule has 1 aromatic rings. The first-order valence-corrected chi connectivity index (χ1v) is 7.19. The molecule has 5 heteroatoms. The first-order chi connectivity index (χ1) is 9.61. The van der Waals surface area contributed by atoms with Crippen molar-refractivity contribution in [3.63, 3.8) is 0 Å². The van der Waals surface area contributed by atoms with Gasteiger partial charge in [0.1, 0.15) is 11.9 Å². The van der Waals surface area contributed by atoms with Gasteiger partial charge in [0, 0.05) is 31.3 Å². The lowest BCUT2D eigenvalue weighted by molar-refractivity contribution is -0.116. The third kappa shape index (κ3) is 2.72. The Morgan fingerprint density at radius 2 is 2.05 bits per heavy atom. The highest BCUT2D eigenvalue weighted by Crippen LogP contribution is 2.34. The number of likely N-dealkylation sites (tertiary alicyclic amines) is 1. The van der Waals surface area contributed by atoms with Crippen LogP contribution in [0.1, 0.15) is 24.8 Å². The molecule has 0 atom stereocenters. The van der Waals surface area contributed by atoms with Crippen LogP contribution in [0.5, 0.6) is 5.75 Å². The number of hydrogen-bond acceptors (Lipinski definition) is 4. The fourth-order valence-corrected chi connectivity index (χ4v) is 2.81. The largest absolute Gasteiger partial charge is 0.488 e. The van der Waals surface area contributed by atoms with Crippen molar-refractivity contribution in [2.45, 2.75) is 31.8 Å². The zero-order valence-corrected chi connectivity index (χ0v) is 11.8. The first kappa shape index (κ1) is 13.2. The van der Waals surface area contributed by atoms with Crippen molar-refractivity contribution >= 4 is 17.3 Å². The fourth-order valence-electron chi connectivity index (χ4n) is 2.81. The Balaban J connectivity index is 1.76. The molecule has 1 saturated heterocycles. The molecule has 0 spiro atoms. The van der Waals surface area contributed by atoms with Crippen molar-refractivity contribution in [3.8, 4) is 5.75 Å². The highest BCUT2D eigenvalue weighted by molar-refractivity contribution is 5.94. The summed E-state index contributed by atoms with van der Waals surface area (Å²) < 4.78 is 6.03. The van der Waals surface area contributed by atoms with E-state index < -0.39 is 0 Å². The summed E-state index contributed by atoms with van der Waals surface area (Å²) >= 11 is 0. The minimum atomic E-state index is 0.0625. The third-order valence-corrected chi connectivity index (χ3v) is 4.09. The third-order valence-electron chi connectivity index (χ3n) is 4.09. The topological polar surface area (TPSA) is 67.6 Å². The van der Waals surface area contributed by atoms with Crippen LogP contribution in [0.4, 0.5) is 11.4 Å². The number of ether oxygens (including phenoxy) is 1. The molecule has 0 aliphatic carbocycles. The van der Waals surface area contributed by atoms with E-state index in [2.05, 4.69) is 17.3 Å². The number of piperidine rings is 1. The van der Waals surface area contributed by atoms with Crippen molar-refractivity contribution < 1.29 is 9.53 Å². The van der Waals surface area contributed by atoms with E-state index in [0.29, 0.717) is 17.9 Å². The van der Waals surface area contributed by atoms with Gasteiger partial charge in [-0.25, -0.2) is 0 Å². The summed E-state index contributed by atoms with van der Waals surface area (Å²) in [5, 5.41) is 2.89. The average Bonchev–Trinajstić information content (AvgIpc) is 2.42. The van der Waals surface area contributed by atoms with E-state index in [4.69, 9.17) is 10.5 Å². The van der Waals surface area contributed by atoms with Crippen molar-refractivity contribution in [1.29, 1.82) is 0 Å². The Morgan fingerprint density at radius 1 is 1.30 bits per heavy atom. The monoisotopic (exact) mass is 275 g/mol. The molecule has 3 N–H and O–H groups in total. The summed E-state index contributed by atoms with van der Waals surface area (Å²) in [5.74, 6) is 0.757. The van der Waals surface area contributed by atoms with E-state index in [1.54, 1.807) is 0 Å². The van der Waals surface area contributed by atoms with E-state index in [9.17, 15) is 4.79 Å². The fraction of sp³-hybridized carbons (Fsp3) is 0.533. The molecule has 3 rings (SSSR count). The van der Waals surface area contributed by atoms with Gasteiger partial charge in [0.25, 0.3) is 0 Å². The summed E-state index contributed by atoms with van der Waals surface area (Å²) in [6, 6.07) is 3.80. The number of nitrogens with two attached hydrogens (primary N) is 1. The minimum absolute atomic E-state index is 0.0625. The molecule has 0 radical (unpaired) electrons. The van der Waals surface area contributed by atoms with Crippen molar-refractivity contribution in [3.05, 3.63) is 17.7 Å².